The third-order valence-electron chi connectivity index (χ3n) is 6.25. The molecule has 0 spiro atoms. The molecule has 0 aliphatic carbocycles. The van der Waals surface area contributed by atoms with Crippen LogP contribution in [0.25, 0.3) is 10.9 Å². The number of likely N-dealkylation sites (tertiary alicyclic amines) is 1. The molecule has 1 amide bonds. The van der Waals surface area contributed by atoms with Gasteiger partial charge in [0.2, 0.25) is 0 Å². The maximum absolute atomic E-state index is 12.9. The summed E-state index contributed by atoms with van der Waals surface area (Å²) < 4.78 is 38.8. The van der Waals surface area contributed by atoms with Crippen molar-refractivity contribution in [1.29, 1.82) is 0 Å². The van der Waals surface area contributed by atoms with E-state index in [0.717, 1.165) is 49.4 Å². The Balaban J connectivity index is 1.31. The smallest absolute Gasteiger partial charge is 0.361 e. The standard InChI is InChI=1S/C25H28F3N3O/c1-30(24(32)21-7-8-23-20(15-21)9-11-29-23)16-19-5-3-12-31(17-19)13-10-18-4-2-6-22(14-18)25(26,27)28/h2,4,6-9,11,14-15,19,29H,3,5,10,12-13,16-17H2,1H3/t19-/m0/s1. The van der Waals surface area contributed by atoms with E-state index in [-0.39, 0.29) is 5.91 Å². The molecule has 7 heteroatoms. The minimum absolute atomic E-state index is 0.00851. The molecule has 4 rings (SSSR count). The van der Waals surface area contributed by atoms with Crippen LogP contribution >= 0.6 is 0 Å². The van der Waals surface area contributed by atoms with Crippen molar-refractivity contribution in [3.63, 3.8) is 0 Å². The molecule has 1 fully saturated rings. The zero-order valence-corrected chi connectivity index (χ0v) is 18.2. The first-order valence-electron chi connectivity index (χ1n) is 11.0. The number of fused-ring (bicyclic) bond motifs is 1. The van der Waals surface area contributed by atoms with E-state index in [1.165, 1.54) is 12.1 Å². The van der Waals surface area contributed by atoms with Crippen LogP contribution in [0.5, 0.6) is 0 Å². The van der Waals surface area contributed by atoms with Gasteiger partial charge in [0.25, 0.3) is 5.91 Å². The van der Waals surface area contributed by atoms with Crippen molar-refractivity contribution in [3.05, 3.63) is 71.4 Å². The molecule has 4 nitrogen and oxygen atoms in total. The van der Waals surface area contributed by atoms with Crippen molar-refractivity contribution >= 4 is 16.8 Å². The van der Waals surface area contributed by atoms with Gasteiger partial charge in [-0.2, -0.15) is 13.2 Å². The number of benzene rings is 2. The lowest BCUT2D eigenvalue weighted by molar-refractivity contribution is -0.137. The van der Waals surface area contributed by atoms with E-state index in [0.29, 0.717) is 30.0 Å². The zero-order chi connectivity index (χ0) is 22.7. The summed E-state index contributed by atoms with van der Waals surface area (Å²) in [7, 11) is 1.84. The van der Waals surface area contributed by atoms with Gasteiger partial charge in [-0.1, -0.05) is 18.2 Å². The maximum atomic E-state index is 12.9. The molecule has 1 aromatic heterocycles. The molecule has 2 heterocycles. The van der Waals surface area contributed by atoms with Gasteiger partial charge in [-0.15, -0.1) is 0 Å². The van der Waals surface area contributed by atoms with Gasteiger partial charge in [0, 0.05) is 49.3 Å². The summed E-state index contributed by atoms with van der Waals surface area (Å²) in [6.07, 6.45) is 0.217. The molecular formula is C25H28F3N3O. The summed E-state index contributed by atoms with van der Waals surface area (Å²) in [5.41, 5.74) is 1.79. The molecule has 1 aliphatic rings. The van der Waals surface area contributed by atoms with Gasteiger partial charge in [0.1, 0.15) is 0 Å². The molecule has 0 saturated carbocycles. The average molecular weight is 444 g/mol. The first-order valence-corrected chi connectivity index (χ1v) is 11.0. The predicted molar refractivity (Wildman–Crippen MR) is 120 cm³/mol. The zero-order valence-electron chi connectivity index (χ0n) is 18.2. The quantitative estimate of drug-likeness (QED) is 0.568. The first kappa shape index (κ1) is 22.4. The number of H-pyrrole nitrogens is 1. The summed E-state index contributed by atoms with van der Waals surface area (Å²) >= 11 is 0. The number of nitrogens with zero attached hydrogens (tertiary/aromatic N) is 2. The Kier molecular flexibility index (Phi) is 6.55. The van der Waals surface area contributed by atoms with Crippen molar-refractivity contribution < 1.29 is 18.0 Å². The number of carbonyl (C=O) groups is 1. The molecule has 1 aliphatic heterocycles. The minimum Gasteiger partial charge on any atom is -0.361 e. The SMILES string of the molecule is CN(C[C@@H]1CCCN(CCc2cccc(C(F)(F)F)c2)C1)C(=O)c1ccc2[nH]ccc2c1. The van der Waals surface area contributed by atoms with Gasteiger partial charge < -0.3 is 14.8 Å². The fraction of sp³-hybridized carbons (Fsp3) is 0.400. The van der Waals surface area contributed by atoms with Crippen LogP contribution in [-0.4, -0.2) is 53.9 Å². The second-order valence-electron chi connectivity index (χ2n) is 8.72. The molecule has 3 aromatic rings. The van der Waals surface area contributed by atoms with Gasteiger partial charge >= 0.3 is 6.18 Å². The van der Waals surface area contributed by atoms with E-state index in [9.17, 15) is 18.0 Å². The van der Waals surface area contributed by atoms with Gasteiger partial charge in [-0.25, -0.2) is 0 Å². The Hall–Kier alpha value is -2.80. The number of rotatable bonds is 6. The van der Waals surface area contributed by atoms with Crippen molar-refractivity contribution in [2.24, 2.45) is 5.92 Å². The largest absolute Gasteiger partial charge is 0.416 e. The third kappa shape index (κ3) is 5.33. The maximum Gasteiger partial charge on any atom is 0.416 e. The molecule has 170 valence electrons. The van der Waals surface area contributed by atoms with Gasteiger partial charge in [-0.3, -0.25) is 4.79 Å². The number of carbonyl (C=O) groups excluding carboxylic acids is 1. The summed E-state index contributed by atoms with van der Waals surface area (Å²) in [5.74, 6) is 0.365. The third-order valence-corrected chi connectivity index (χ3v) is 6.25. The molecule has 1 saturated heterocycles. The van der Waals surface area contributed by atoms with Gasteiger partial charge in [0.05, 0.1) is 5.56 Å². The van der Waals surface area contributed by atoms with E-state index in [2.05, 4.69) is 9.88 Å². The van der Waals surface area contributed by atoms with Crippen LogP contribution in [0, 0.1) is 5.92 Å². The summed E-state index contributed by atoms with van der Waals surface area (Å²) in [4.78, 5) is 20.1. The fourth-order valence-electron chi connectivity index (χ4n) is 4.57. The molecule has 32 heavy (non-hydrogen) atoms. The number of piperidine rings is 1. The van der Waals surface area contributed by atoms with Crippen LogP contribution in [0.2, 0.25) is 0 Å². The highest BCUT2D eigenvalue weighted by atomic mass is 19.4. The molecule has 1 atom stereocenters. The number of aromatic amines is 1. The molecular weight excluding hydrogens is 415 g/mol. The Morgan fingerprint density at radius 1 is 1.19 bits per heavy atom. The summed E-state index contributed by atoms with van der Waals surface area (Å²) in [6, 6.07) is 13.2. The van der Waals surface area contributed by atoms with Crippen molar-refractivity contribution in [2.45, 2.75) is 25.4 Å². The highest BCUT2D eigenvalue weighted by Gasteiger charge is 2.30. The van der Waals surface area contributed by atoms with Crippen LogP contribution in [-0.2, 0) is 12.6 Å². The Morgan fingerprint density at radius 3 is 2.84 bits per heavy atom. The Morgan fingerprint density at radius 2 is 2.03 bits per heavy atom. The lowest BCUT2D eigenvalue weighted by Gasteiger charge is -2.34. The molecule has 1 N–H and O–H groups in total. The Labute approximate surface area is 186 Å². The van der Waals surface area contributed by atoms with E-state index in [4.69, 9.17) is 0 Å². The van der Waals surface area contributed by atoms with E-state index in [1.807, 2.05) is 37.5 Å². The van der Waals surface area contributed by atoms with Crippen LogP contribution in [0.3, 0.4) is 0 Å². The topological polar surface area (TPSA) is 39.3 Å². The van der Waals surface area contributed by atoms with Gasteiger partial charge in [0.15, 0.2) is 0 Å². The lowest BCUT2D eigenvalue weighted by Crippen LogP contribution is -2.42. The molecule has 0 radical (unpaired) electrons. The second kappa shape index (κ2) is 9.36. The second-order valence-corrected chi connectivity index (χ2v) is 8.72. The molecule has 2 aromatic carbocycles. The number of nitrogens with one attached hydrogen (secondary N) is 1. The number of alkyl halides is 3. The number of amides is 1. The number of aromatic nitrogens is 1. The van der Waals surface area contributed by atoms with E-state index >= 15 is 0 Å². The number of hydrogen-bond donors (Lipinski definition) is 1. The van der Waals surface area contributed by atoms with Gasteiger partial charge in [-0.05, 0) is 67.6 Å². The van der Waals surface area contributed by atoms with Crippen molar-refractivity contribution in [1.82, 2.24) is 14.8 Å². The summed E-state index contributed by atoms with van der Waals surface area (Å²) in [5, 5.41) is 1.02. The van der Waals surface area contributed by atoms with Crippen LogP contribution in [0.1, 0.15) is 34.3 Å². The number of hydrogen-bond acceptors (Lipinski definition) is 2. The van der Waals surface area contributed by atoms with Crippen LogP contribution in [0.4, 0.5) is 13.2 Å². The average Bonchev–Trinajstić information content (AvgIpc) is 3.25. The number of halogens is 3. The fourth-order valence-corrected chi connectivity index (χ4v) is 4.57. The van der Waals surface area contributed by atoms with Crippen molar-refractivity contribution in [3.8, 4) is 0 Å². The lowest BCUT2D eigenvalue weighted by atomic mass is 9.96. The molecule has 0 bridgehead atoms. The minimum atomic E-state index is -4.31. The van der Waals surface area contributed by atoms with E-state index < -0.39 is 11.7 Å². The van der Waals surface area contributed by atoms with Crippen LogP contribution in [0.15, 0.2) is 54.7 Å². The summed E-state index contributed by atoms with van der Waals surface area (Å²) in [6.45, 7) is 3.19. The van der Waals surface area contributed by atoms with E-state index in [1.54, 1.807) is 11.0 Å². The van der Waals surface area contributed by atoms with Crippen molar-refractivity contribution in [2.75, 3.05) is 33.2 Å². The molecule has 0 unspecified atom stereocenters. The Bertz CT molecular complexity index is 1080. The van der Waals surface area contributed by atoms with Crippen LogP contribution < -0.4 is 0 Å². The monoisotopic (exact) mass is 443 g/mol. The first-order chi connectivity index (χ1) is 15.3. The highest BCUT2D eigenvalue weighted by molar-refractivity contribution is 5.97. The highest BCUT2D eigenvalue weighted by Crippen LogP contribution is 2.29. The predicted octanol–water partition coefficient (Wildman–Crippen LogP) is 5.21. The normalized spacial score (nSPS) is 17.6.